The summed E-state index contributed by atoms with van der Waals surface area (Å²) in [6, 6.07) is 9.98. The van der Waals surface area contributed by atoms with Crippen LogP contribution in [0.3, 0.4) is 0 Å². The molecule has 0 unspecified atom stereocenters. The number of rotatable bonds is 8. The second-order valence-corrected chi connectivity index (χ2v) is 9.90. The minimum atomic E-state index is -0.0438. The van der Waals surface area contributed by atoms with Crippen molar-refractivity contribution in [2.75, 3.05) is 12.9 Å². The summed E-state index contributed by atoms with van der Waals surface area (Å²) in [5.41, 5.74) is 2.43. The first-order chi connectivity index (χ1) is 15.1. The molecule has 31 heavy (non-hydrogen) atoms. The van der Waals surface area contributed by atoms with E-state index >= 15 is 0 Å². The fraction of sp³-hybridized carbons (Fsp3) is 0.435. The largest absolute Gasteiger partial charge is 0.496 e. The number of carbonyl (C=O) groups excluding carboxylic acids is 1. The number of benzene rings is 1. The fourth-order valence-electron chi connectivity index (χ4n) is 3.94. The van der Waals surface area contributed by atoms with Gasteiger partial charge in [0, 0.05) is 24.0 Å². The van der Waals surface area contributed by atoms with Crippen LogP contribution in [-0.4, -0.2) is 33.5 Å². The quantitative estimate of drug-likeness (QED) is 0.506. The maximum Gasteiger partial charge on any atom is 0.230 e. The van der Waals surface area contributed by atoms with Gasteiger partial charge in [0.25, 0.3) is 0 Å². The summed E-state index contributed by atoms with van der Waals surface area (Å²) in [6.45, 7) is 2.72. The van der Waals surface area contributed by atoms with Crippen molar-refractivity contribution in [1.29, 1.82) is 0 Å². The summed E-state index contributed by atoms with van der Waals surface area (Å²) < 4.78 is 7.33. The standard InChI is InChI=1S/C23H28N4O2S2/c1-4-15-9-10-19-17(11-15)12-20(31-19)22-25-26-23(27(22)2)30-14-21(28)24-13-16-7-5-6-8-18(16)29-3/h5-8,12,15H,4,9-11,13-14H2,1-3H3,(H,24,28)/t15-/m1/s1. The Morgan fingerprint density at radius 3 is 3.00 bits per heavy atom. The lowest BCUT2D eigenvalue weighted by Crippen LogP contribution is -2.25. The van der Waals surface area contributed by atoms with Crippen LogP contribution in [0.1, 0.15) is 35.8 Å². The first kappa shape index (κ1) is 21.9. The number of para-hydroxylation sites is 1. The molecule has 0 spiro atoms. The minimum absolute atomic E-state index is 0.0438. The molecule has 0 saturated carbocycles. The van der Waals surface area contributed by atoms with Crippen molar-refractivity contribution < 1.29 is 9.53 Å². The van der Waals surface area contributed by atoms with Crippen molar-refractivity contribution in [3.8, 4) is 16.5 Å². The molecule has 1 aromatic carbocycles. The van der Waals surface area contributed by atoms with Crippen LogP contribution in [0.15, 0.2) is 35.5 Å². The van der Waals surface area contributed by atoms with E-state index in [-0.39, 0.29) is 5.91 Å². The third-order valence-corrected chi connectivity index (χ3v) is 8.07. The molecule has 1 N–H and O–H groups in total. The number of methoxy groups -OCH3 is 1. The zero-order valence-corrected chi connectivity index (χ0v) is 19.8. The highest BCUT2D eigenvalue weighted by Crippen LogP contribution is 2.38. The van der Waals surface area contributed by atoms with Gasteiger partial charge in [0.2, 0.25) is 5.91 Å². The van der Waals surface area contributed by atoms with E-state index in [2.05, 4.69) is 28.5 Å². The maximum atomic E-state index is 12.3. The molecule has 6 nitrogen and oxygen atoms in total. The summed E-state index contributed by atoms with van der Waals surface area (Å²) in [6.07, 6.45) is 4.88. The minimum Gasteiger partial charge on any atom is -0.496 e. The van der Waals surface area contributed by atoms with Gasteiger partial charge in [0.1, 0.15) is 5.75 Å². The van der Waals surface area contributed by atoms with E-state index in [0.717, 1.165) is 28.2 Å². The Kier molecular flexibility index (Phi) is 6.97. The predicted molar refractivity (Wildman–Crippen MR) is 126 cm³/mol. The molecular formula is C23H28N4O2S2. The molecule has 0 fully saturated rings. The molecule has 0 aliphatic heterocycles. The highest BCUT2D eigenvalue weighted by atomic mass is 32.2. The summed E-state index contributed by atoms with van der Waals surface area (Å²) in [5.74, 6) is 2.70. The van der Waals surface area contributed by atoms with Crippen LogP contribution in [0.25, 0.3) is 10.7 Å². The number of hydrogen-bond donors (Lipinski definition) is 1. The van der Waals surface area contributed by atoms with Gasteiger partial charge in [-0.1, -0.05) is 43.3 Å². The van der Waals surface area contributed by atoms with E-state index in [9.17, 15) is 4.79 Å². The van der Waals surface area contributed by atoms with E-state index in [1.807, 2.05) is 47.2 Å². The number of aromatic nitrogens is 3. The number of thiophene rings is 1. The number of carbonyl (C=O) groups is 1. The van der Waals surface area contributed by atoms with Crippen molar-refractivity contribution in [3.05, 3.63) is 46.3 Å². The second kappa shape index (κ2) is 9.87. The van der Waals surface area contributed by atoms with E-state index in [4.69, 9.17) is 4.74 Å². The van der Waals surface area contributed by atoms with Gasteiger partial charge in [0.05, 0.1) is 17.7 Å². The lowest BCUT2D eigenvalue weighted by molar-refractivity contribution is -0.118. The number of ether oxygens (including phenoxy) is 1. The van der Waals surface area contributed by atoms with E-state index in [1.54, 1.807) is 7.11 Å². The molecule has 8 heteroatoms. The van der Waals surface area contributed by atoms with E-state index in [1.165, 1.54) is 52.8 Å². The molecule has 2 heterocycles. The van der Waals surface area contributed by atoms with Crippen LogP contribution in [0, 0.1) is 5.92 Å². The molecule has 4 rings (SSSR count). The highest BCUT2D eigenvalue weighted by Gasteiger charge is 2.22. The molecule has 0 radical (unpaired) electrons. The number of fused-ring (bicyclic) bond motifs is 1. The monoisotopic (exact) mass is 456 g/mol. The lowest BCUT2D eigenvalue weighted by Gasteiger charge is -2.19. The molecule has 2 aromatic heterocycles. The molecule has 1 aliphatic rings. The zero-order valence-electron chi connectivity index (χ0n) is 18.2. The van der Waals surface area contributed by atoms with Crippen molar-refractivity contribution in [3.63, 3.8) is 0 Å². The lowest BCUT2D eigenvalue weighted by atomic mass is 9.87. The van der Waals surface area contributed by atoms with Crippen LogP contribution < -0.4 is 10.1 Å². The highest BCUT2D eigenvalue weighted by molar-refractivity contribution is 7.99. The molecule has 0 bridgehead atoms. The Balaban J connectivity index is 1.36. The van der Waals surface area contributed by atoms with Crippen LogP contribution >= 0.6 is 23.1 Å². The molecule has 3 aromatic rings. The zero-order chi connectivity index (χ0) is 21.8. The van der Waals surface area contributed by atoms with Gasteiger partial charge in [0.15, 0.2) is 11.0 Å². The Labute approximate surface area is 191 Å². The van der Waals surface area contributed by atoms with Crippen molar-refractivity contribution in [2.45, 2.75) is 44.3 Å². The Morgan fingerprint density at radius 1 is 1.35 bits per heavy atom. The number of nitrogens with one attached hydrogen (secondary N) is 1. The van der Waals surface area contributed by atoms with Gasteiger partial charge >= 0.3 is 0 Å². The number of nitrogens with zero attached hydrogens (tertiary/aromatic N) is 3. The van der Waals surface area contributed by atoms with Crippen LogP contribution in [-0.2, 0) is 31.2 Å². The summed E-state index contributed by atoms with van der Waals surface area (Å²) in [7, 11) is 3.60. The molecule has 1 aliphatic carbocycles. The SMILES string of the molecule is CC[C@@H]1CCc2sc(-c3nnc(SCC(=O)NCc4ccccc4OC)n3C)cc2C1. The van der Waals surface area contributed by atoms with E-state index in [0.29, 0.717) is 12.3 Å². The predicted octanol–water partition coefficient (Wildman–Crippen LogP) is 4.48. The third kappa shape index (κ3) is 4.96. The van der Waals surface area contributed by atoms with Crippen LogP contribution in [0.4, 0.5) is 0 Å². The number of hydrogen-bond acceptors (Lipinski definition) is 6. The summed E-state index contributed by atoms with van der Waals surface area (Å²) in [5, 5.41) is 12.4. The van der Waals surface area contributed by atoms with Crippen LogP contribution in [0.5, 0.6) is 5.75 Å². The molecule has 164 valence electrons. The van der Waals surface area contributed by atoms with Crippen molar-refractivity contribution in [1.82, 2.24) is 20.1 Å². The Bertz CT molecular complexity index is 1060. The van der Waals surface area contributed by atoms with Gasteiger partial charge in [-0.15, -0.1) is 21.5 Å². The van der Waals surface area contributed by atoms with Gasteiger partial charge < -0.3 is 14.6 Å². The average Bonchev–Trinajstić information content (AvgIpc) is 3.38. The van der Waals surface area contributed by atoms with Gasteiger partial charge in [-0.05, 0) is 42.9 Å². The smallest absolute Gasteiger partial charge is 0.230 e. The first-order valence-electron chi connectivity index (χ1n) is 10.6. The normalized spacial score (nSPS) is 15.5. The topological polar surface area (TPSA) is 69.0 Å². The molecule has 0 saturated heterocycles. The fourth-order valence-corrected chi connectivity index (χ4v) is 5.91. The summed E-state index contributed by atoms with van der Waals surface area (Å²) >= 11 is 3.24. The van der Waals surface area contributed by atoms with E-state index < -0.39 is 0 Å². The molecular weight excluding hydrogens is 428 g/mol. The second-order valence-electron chi connectivity index (χ2n) is 7.82. The van der Waals surface area contributed by atoms with Crippen molar-refractivity contribution >= 4 is 29.0 Å². The van der Waals surface area contributed by atoms with Crippen molar-refractivity contribution in [2.24, 2.45) is 13.0 Å². The first-order valence-corrected chi connectivity index (χ1v) is 12.4. The molecule has 1 amide bonds. The number of amides is 1. The third-order valence-electron chi connectivity index (χ3n) is 5.82. The van der Waals surface area contributed by atoms with Gasteiger partial charge in [-0.25, -0.2) is 0 Å². The average molecular weight is 457 g/mol. The maximum absolute atomic E-state index is 12.3. The van der Waals surface area contributed by atoms with Gasteiger partial charge in [-0.2, -0.15) is 0 Å². The number of thioether (sulfide) groups is 1. The summed E-state index contributed by atoms with van der Waals surface area (Å²) in [4.78, 5) is 15.0. The Morgan fingerprint density at radius 2 is 2.19 bits per heavy atom. The van der Waals surface area contributed by atoms with Gasteiger partial charge in [-0.3, -0.25) is 4.79 Å². The Hall–Kier alpha value is -2.32. The van der Waals surface area contributed by atoms with Crippen LogP contribution in [0.2, 0.25) is 0 Å². The molecule has 1 atom stereocenters. The number of aryl methyl sites for hydroxylation is 1.